The van der Waals surface area contributed by atoms with Crippen molar-refractivity contribution in [3.63, 3.8) is 0 Å². The van der Waals surface area contributed by atoms with E-state index in [1.54, 1.807) is 0 Å². The quantitative estimate of drug-likeness (QED) is 0.424. The second-order valence-electron chi connectivity index (χ2n) is 1.96. The van der Waals surface area contributed by atoms with Gasteiger partial charge in [-0.15, -0.1) is 0 Å². The minimum Gasteiger partial charge on any atom is -0.289 e. The topological polar surface area (TPSA) is 68.0 Å². The van der Waals surface area contributed by atoms with E-state index in [-0.39, 0.29) is 10.2 Å². The molecule has 0 aliphatic carbocycles. The summed E-state index contributed by atoms with van der Waals surface area (Å²) in [4.78, 5) is 14.4. The molecule has 0 atom stereocenters. The summed E-state index contributed by atoms with van der Waals surface area (Å²) < 4.78 is 12.7. The maximum atomic E-state index is 12.5. The van der Waals surface area contributed by atoms with E-state index in [1.807, 2.05) is 5.43 Å². The van der Waals surface area contributed by atoms with Gasteiger partial charge in [-0.1, -0.05) is 0 Å². The van der Waals surface area contributed by atoms with Gasteiger partial charge in [0.15, 0.2) is 0 Å². The number of aromatic nitrogens is 1. The Morgan fingerprint density at radius 2 is 2.42 bits per heavy atom. The highest BCUT2D eigenvalue weighted by atomic mass is 79.9. The van der Waals surface area contributed by atoms with Crippen LogP contribution in [0.4, 0.5) is 4.39 Å². The lowest BCUT2D eigenvalue weighted by Crippen LogP contribution is -2.31. The van der Waals surface area contributed by atoms with Gasteiger partial charge in [-0.25, -0.2) is 15.2 Å². The fourth-order valence-corrected chi connectivity index (χ4v) is 1.15. The number of pyridine rings is 1. The van der Waals surface area contributed by atoms with Gasteiger partial charge in [0.1, 0.15) is 11.5 Å². The molecular formula is C6H5BrFN3O. The van der Waals surface area contributed by atoms with Gasteiger partial charge in [0, 0.05) is 0 Å². The van der Waals surface area contributed by atoms with Crippen LogP contribution in [-0.2, 0) is 0 Å². The summed E-state index contributed by atoms with van der Waals surface area (Å²) in [6.07, 6.45) is 0.940. The third-order valence-corrected chi connectivity index (χ3v) is 1.76. The SMILES string of the molecule is NNC(=O)c1ncc(F)cc1Br. The maximum Gasteiger partial charge on any atom is 0.284 e. The molecule has 1 aromatic heterocycles. The standard InChI is InChI=1S/C6H5BrFN3O/c7-4-1-3(8)2-10-5(4)6(12)11-9/h1-2H,9H2,(H,11,12). The molecule has 0 spiro atoms. The monoisotopic (exact) mass is 233 g/mol. The Bertz CT molecular complexity index is 318. The van der Waals surface area contributed by atoms with Gasteiger partial charge in [0.05, 0.1) is 10.7 Å². The number of carbonyl (C=O) groups is 1. The molecule has 6 heteroatoms. The molecule has 1 heterocycles. The normalized spacial score (nSPS) is 9.58. The number of nitrogens with one attached hydrogen (secondary N) is 1. The summed E-state index contributed by atoms with van der Waals surface area (Å²) in [7, 11) is 0. The third kappa shape index (κ3) is 1.77. The van der Waals surface area contributed by atoms with Gasteiger partial charge in [0.2, 0.25) is 0 Å². The predicted octanol–water partition coefficient (Wildman–Crippen LogP) is 0.587. The minimum absolute atomic E-state index is 0.0545. The summed E-state index contributed by atoms with van der Waals surface area (Å²) in [5.41, 5.74) is 1.94. The van der Waals surface area contributed by atoms with E-state index in [9.17, 15) is 9.18 Å². The Labute approximate surface area is 76.1 Å². The Kier molecular flexibility index (Phi) is 2.72. The average Bonchev–Trinajstić information content (AvgIpc) is 2.03. The Morgan fingerprint density at radius 3 is 2.92 bits per heavy atom. The van der Waals surface area contributed by atoms with Gasteiger partial charge in [0.25, 0.3) is 5.91 Å². The van der Waals surface area contributed by atoms with Gasteiger partial charge in [-0.05, 0) is 22.0 Å². The van der Waals surface area contributed by atoms with Crippen molar-refractivity contribution in [3.05, 3.63) is 28.2 Å². The number of nitrogens with two attached hydrogens (primary N) is 1. The van der Waals surface area contributed by atoms with Crippen molar-refractivity contribution < 1.29 is 9.18 Å². The molecular weight excluding hydrogens is 229 g/mol. The summed E-state index contributed by atoms with van der Waals surface area (Å²) in [6, 6.07) is 1.14. The van der Waals surface area contributed by atoms with Crippen LogP contribution in [0.1, 0.15) is 10.5 Å². The fourth-order valence-electron chi connectivity index (χ4n) is 0.650. The van der Waals surface area contributed by atoms with Crippen LogP contribution in [0.25, 0.3) is 0 Å². The number of amides is 1. The summed E-state index contributed by atoms with van der Waals surface area (Å²) in [6.45, 7) is 0. The lowest BCUT2D eigenvalue weighted by atomic mass is 10.3. The largest absolute Gasteiger partial charge is 0.289 e. The van der Waals surface area contributed by atoms with E-state index in [4.69, 9.17) is 5.84 Å². The van der Waals surface area contributed by atoms with Crippen molar-refractivity contribution in [1.29, 1.82) is 0 Å². The Hall–Kier alpha value is -1.01. The van der Waals surface area contributed by atoms with Crippen LogP contribution in [0.3, 0.4) is 0 Å². The van der Waals surface area contributed by atoms with E-state index in [2.05, 4.69) is 20.9 Å². The number of hydrogen-bond acceptors (Lipinski definition) is 3. The van der Waals surface area contributed by atoms with Crippen LogP contribution in [0.15, 0.2) is 16.7 Å². The molecule has 0 saturated carbocycles. The van der Waals surface area contributed by atoms with E-state index in [0.29, 0.717) is 0 Å². The van der Waals surface area contributed by atoms with Crippen LogP contribution < -0.4 is 11.3 Å². The molecule has 0 saturated heterocycles. The molecule has 0 radical (unpaired) electrons. The Balaban J connectivity index is 3.09. The van der Waals surface area contributed by atoms with Gasteiger partial charge in [-0.2, -0.15) is 0 Å². The maximum absolute atomic E-state index is 12.5. The number of nitrogen functional groups attached to an aromatic ring is 1. The number of hydrogen-bond donors (Lipinski definition) is 2. The lowest BCUT2D eigenvalue weighted by Gasteiger charge is -2.00. The van der Waals surface area contributed by atoms with E-state index in [1.165, 1.54) is 0 Å². The molecule has 0 fully saturated rings. The zero-order valence-corrected chi connectivity index (χ0v) is 7.43. The molecule has 0 unspecified atom stereocenters. The highest BCUT2D eigenvalue weighted by Gasteiger charge is 2.10. The van der Waals surface area contributed by atoms with E-state index >= 15 is 0 Å². The third-order valence-electron chi connectivity index (χ3n) is 1.15. The first kappa shape index (κ1) is 9.08. The number of carbonyl (C=O) groups excluding carboxylic acids is 1. The smallest absolute Gasteiger partial charge is 0.284 e. The molecule has 3 N–H and O–H groups in total. The number of rotatable bonds is 1. The van der Waals surface area contributed by atoms with E-state index < -0.39 is 11.7 Å². The van der Waals surface area contributed by atoms with Crippen LogP contribution in [0, 0.1) is 5.82 Å². The first-order valence-corrected chi connectivity index (χ1v) is 3.76. The molecule has 0 aliphatic rings. The highest BCUT2D eigenvalue weighted by molar-refractivity contribution is 9.10. The fraction of sp³-hybridized carbons (Fsp3) is 0. The molecule has 4 nitrogen and oxygen atoms in total. The van der Waals surface area contributed by atoms with Gasteiger partial charge >= 0.3 is 0 Å². The first-order valence-electron chi connectivity index (χ1n) is 2.97. The molecule has 0 bridgehead atoms. The molecule has 1 amide bonds. The van der Waals surface area contributed by atoms with Crippen molar-refractivity contribution in [2.24, 2.45) is 5.84 Å². The van der Waals surface area contributed by atoms with Crippen molar-refractivity contribution in [1.82, 2.24) is 10.4 Å². The summed E-state index contributed by atoms with van der Waals surface area (Å²) in [5, 5.41) is 0. The van der Waals surface area contributed by atoms with Crippen molar-refractivity contribution >= 4 is 21.8 Å². The molecule has 1 aromatic rings. The average molecular weight is 234 g/mol. The van der Waals surface area contributed by atoms with Gasteiger partial charge < -0.3 is 0 Å². The zero-order valence-electron chi connectivity index (χ0n) is 5.84. The molecule has 0 aromatic carbocycles. The van der Waals surface area contributed by atoms with Crippen LogP contribution >= 0.6 is 15.9 Å². The van der Waals surface area contributed by atoms with Crippen LogP contribution in [-0.4, -0.2) is 10.9 Å². The zero-order chi connectivity index (χ0) is 9.14. The van der Waals surface area contributed by atoms with Crippen molar-refractivity contribution in [2.75, 3.05) is 0 Å². The van der Waals surface area contributed by atoms with Gasteiger partial charge in [-0.3, -0.25) is 10.2 Å². The second kappa shape index (κ2) is 3.59. The first-order chi connectivity index (χ1) is 5.65. The molecule has 1 rings (SSSR count). The highest BCUT2D eigenvalue weighted by Crippen LogP contribution is 2.14. The summed E-state index contributed by atoms with van der Waals surface area (Å²) in [5.74, 6) is 3.77. The number of halogens is 2. The van der Waals surface area contributed by atoms with E-state index in [0.717, 1.165) is 12.3 Å². The van der Waals surface area contributed by atoms with Crippen molar-refractivity contribution in [2.45, 2.75) is 0 Å². The van der Waals surface area contributed by atoms with Crippen LogP contribution in [0.2, 0.25) is 0 Å². The second-order valence-corrected chi connectivity index (χ2v) is 2.81. The molecule has 0 aliphatic heterocycles. The molecule has 12 heavy (non-hydrogen) atoms. The number of hydrazine groups is 1. The predicted molar refractivity (Wildman–Crippen MR) is 43.5 cm³/mol. The lowest BCUT2D eigenvalue weighted by molar-refractivity contribution is 0.0947. The molecule has 64 valence electrons. The minimum atomic E-state index is -0.568. The van der Waals surface area contributed by atoms with Crippen LogP contribution in [0.5, 0.6) is 0 Å². The number of nitrogens with zero attached hydrogens (tertiary/aromatic N) is 1. The summed E-state index contributed by atoms with van der Waals surface area (Å²) >= 11 is 2.97. The van der Waals surface area contributed by atoms with Crippen molar-refractivity contribution in [3.8, 4) is 0 Å². The Morgan fingerprint density at radius 1 is 1.75 bits per heavy atom.